The molecule has 170 valence electrons. The Morgan fingerprint density at radius 1 is 1.30 bits per heavy atom. The quantitative estimate of drug-likeness (QED) is 0.518. The number of carbonyl (C=O) groups is 1. The summed E-state index contributed by atoms with van der Waals surface area (Å²) in [6.07, 6.45) is 0.400. The molecule has 1 heterocycles. The SMILES string of the molecule is CC1(C)OCC(CCC(COCc2ccccc2)O[Si](C)(C)C(C)(C)C)N1C(=O)O. The van der Waals surface area contributed by atoms with Crippen LogP contribution in [0.3, 0.4) is 0 Å². The van der Waals surface area contributed by atoms with E-state index in [0.29, 0.717) is 26.2 Å². The van der Waals surface area contributed by atoms with Crippen molar-refractivity contribution in [1.29, 1.82) is 0 Å². The molecule has 0 saturated carbocycles. The fraction of sp³-hybridized carbons (Fsp3) is 0.696. The van der Waals surface area contributed by atoms with E-state index in [4.69, 9.17) is 13.9 Å². The summed E-state index contributed by atoms with van der Waals surface area (Å²) in [5.41, 5.74) is 0.336. The minimum absolute atomic E-state index is 0.0750. The topological polar surface area (TPSA) is 68.2 Å². The van der Waals surface area contributed by atoms with Gasteiger partial charge in [0.05, 0.1) is 32.0 Å². The third-order valence-corrected chi connectivity index (χ3v) is 10.8. The summed E-state index contributed by atoms with van der Waals surface area (Å²) in [6.45, 7) is 16.2. The average Bonchev–Trinajstić information content (AvgIpc) is 2.93. The van der Waals surface area contributed by atoms with Crippen LogP contribution in [0.1, 0.15) is 53.0 Å². The molecule has 0 spiro atoms. The highest BCUT2D eigenvalue weighted by Crippen LogP contribution is 2.38. The standard InChI is InChI=1S/C23H39NO5Si/c1-22(2,3)30(6,7)29-20(17-27-15-18-11-9-8-10-12-18)14-13-19-16-28-23(4,5)24(19)21(25)26/h8-12,19-20H,13-17H2,1-7H3,(H,25,26). The Kier molecular flexibility index (Phi) is 8.13. The van der Waals surface area contributed by atoms with E-state index in [1.165, 1.54) is 4.90 Å². The minimum Gasteiger partial charge on any atom is -0.465 e. The van der Waals surface area contributed by atoms with Crippen molar-refractivity contribution in [3.8, 4) is 0 Å². The molecule has 1 saturated heterocycles. The number of ether oxygens (including phenoxy) is 2. The first-order valence-electron chi connectivity index (χ1n) is 10.8. The summed E-state index contributed by atoms with van der Waals surface area (Å²) in [6, 6.07) is 9.93. The van der Waals surface area contributed by atoms with Crippen LogP contribution in [0.4, 0.5) is 4.79 Å². The smallest absolute Gasteiger partial charge is 0.409 e. The van der Waals surface area contributed by atoms with Gasteiger partial charge in [-0.2, -0.15) is 0 Å². The summed E-state index contributed by atoms with van der Waals surface area (Å²) in [5.74, 6) is 0. The molecule has 0 aliphatic carbocycles. The van der Waals surface area contributed by atoms with Gasteiger partial charge < -0.3 is 19.0 Å². The van der Waals surface area contributed by atoms with Crippen LogP contribution < -0.4 is 0 Å². The van der Waals surface area contributed by atoms with E-state index < -0.39 is 20.1 Å². The Balaban J connectivity index is 2.02. The van der Waals surface area contributed by atoms with E-state index in [1.54, 1.807) is 13.8 Å². The highest BCUT2D eigenvalue weighted by molar-refractivity contribution is 6.74. The average molecular weight is 438 g/mol. The van der Waals surface area contributed by atoms with Crippen molar-refractivity contribution in [2.75, 3.05) is 13.2 Å². The molecule has 1 N–H and O–H groups in total. The van der Waals surface area contributed by atoms with Crippen LogP contribution in [-0.4, -0.2) is 55.5 Å². The molecule has 1 aromatic carbocycles. The van der Waals surface area contributed by atoms with Gasteiger partial charge in [-0.05, 0) is 50.4 Å². The number of nitrogens with zero attached hydrogens (tertiary/aromatic N) is 1. The normalized spacial score (nSPS) is 20.4. The second kappa shape index (κ2) is 9.81. The first-order valence-corrected chi connectivity index (χ1v) is 13.7. The molecule has 1 aliphatic heterocycles. The lowest BCUT2D eigenvalue weighted by Gasteiger charge is -2.39. The molecule has 2 unspecified atom stereocenters. The van der Waals surface area contributed by atoms with Gasteiger partial charge in [-0.25, -0.2) is 4.79 Å². The van der Waals surface area contributed by atoms with Crippen LogP contribution in [0.2, 0.25) is 18.1 Å². The lowest BCUT2D eigenvalue weighted by molar-refractivity contribution is -0.0426. The molecular formula is C23H39NO5Si. The van der Waals surface area contributed by atoms with Gasteiger partial charge in [0.15, 0.2) is 8.32 Å². The van der Waals surface area contributed by atoms with Crippen LogP contribution in [0.15, 0.2) is 30.3 Å². The first-order chi connectivity index (χ1) is 13.8. The van der Waals surface area contributed by atoms with Crippen molar-refractivity contribution in [2.24, 2.45) is 0 Å². The van der Waals surface area contributed by atoms with Crippen LogP contribution in [0, 0.1) is 0 Å². The molecule has 0 radical (unpaired) electrons. The van der Waals surface area contributed by atoms with Crippen LogP contribution in [0.25, 0.3) is 0 Å². The molecule has 1 amide bonds. The third kappa shape index (κ3) is 6.54. The van der Waals surface area contributed by atoms with Crippen molar-refractivity contribution in [3.63, 3.8) is 0 Å². The van der Waals surface area contributed by atoms with Gasteiger partial charge in [0, 0.05) is 0 Å². The van der Waals surface area contributed by atoms with Gasteiger partial charge in [0.2, 0.25) is 0 Å². The summed E-state index contributed by atoms with van der Waals surface area (Å²) >= 11 is 0. The molecule has 2 atom stereocenters. The lowest BCUT2D eigenvalue weighted by Crippen LogP contribution is -2.48. The molecular weight excluding hydrogens is 398 g/mol. The molecule has 2 rings (SSSR count). The molecule has 1 aromatic rings. The Bertz CT molecular complexity index is 687. The number of carboxylic acid groups (broad SMARTS) is 1. The Morgan fingerprint density at radius 2 is 1.93 bits per heavy atom. The summed E-state index contributed by atoms with van der Waals surface area (Å²) in [5, 5.41) is 9.74. The minimum atomic E-state index is -1.98. The van der Waals surface area contributed by atoms with Gasteiger partial charge >= 0.3 is 6.09 Å². The van der Waals surface area contributed by atoms with E-state index >= 15 is 0 Å². The largest absolute Gasteiger partial charge is 0.465 e. The zero-order chi connectivity index (χ0) is 22.6. The van der Waals surface area contributed by atoms with E-state index in [2.05, 4.69) is 33.9 Å². The summed E-state index contributed by atoms with van der Waals surface area (Å²) in [4.78, 5) is 13.2. The molecule has 1 aliphatic rings. The molecule has 0 aromatic heterocycles. The highest BCUT2D eigenvalue weighted by atomic mass is 28.4. The Morgan fingerprint density at radius 3 is 2.50 bits per heavy atom. The highest BCUT2D eigenvalue weighted by Gasteiger charge is 2.44. The number of hydrogen-bond donors (Lipinski definition) is 1. The fourth-order valence-electron chi connectivity index (χ4n) is 3.51. The summed E-state index contributed by atoms with van der Waals surface area (Å²) < 4.78 is 18.4. The maximum atomic E-state index is 11.8. The number of hydrogen-bond acceptors (Lipinski definition) is 4. The van der Waals surface area contributed by atoms with Crippen molar-refractivity contribution < 1.29 is 23.8 Å². The van der Waals surface area contributed by atoms with E-state index in [9.17, 15) is 9.90 Å². The van der Waals surface area contributed by atoms with Crippen molar-refractivity contribution in [1.82, 2.24) is 4.90 Å². The second-order valence-corrected chi connectivity index (χ2v) is 14.9. The zero-order valence-corrected chi connectivity index (χ0v) is 20.6. The number of amides is 1. The van der Waals surface area contributed by atoms with Crippen molar-refractivity contribution in [3.05, 3.63) is 35.9 Å². The lowest BCUT2D eigenvalue weighted by atomic mass is 10.1. The van der Waals surface area contributed by atoms with Crippen molar-refractivity contribution in [2.45, 2.75) is 90.1 Å². The van der Waals surface area contributed by atoms with Crippen LogP contribution in [0.5, 0.6) is 0 Å². The first kappa shape index (κ1) is 24.9. The molecule has 0 bridgehead atoms. The van der Waals surface area contributed by atoms with Crippen LogP contribution >= 0.6 is 0 Å². The molecule has 6 nitrogen and oxygen atoms in total. The van der Waals surface area contributed by atoms with Crippen molar-refractivity contribution >= 4 is 14.4 Å². The zero-order valence-electron chi connectivity index (χ0n) is 19.6. The van der Waals surface area contributed by atoms with Gasteiger partial charge in [-0.1, -0.05) is 51.1 Å². The van der Waals surface area contributed by atoms with Crippen LogP contribution in [-0.2, 0) is 20.5 Å². The van der Waals surface area contributed by atoms with Gasteiger partial charge in [-0.15, -0.1) is 0 Å². The maximum Gasteiger partial charge on any atom is 0.409 e. The Hall–Kier alpha value is -1.41. The number of rotatable bonds is 9. The van der Waals surface area contributed by atoms with Gasteiger partial charge in [-0.3, -0.25) is 4.90 Å². The van der Waals surface area contributed by atoms with E-state index in [-0.39, 0.29) is 17.2 Å². The monoisotopic (exact) mass is 437 g/mol. The fourth-order valence-corrected chi connectivity index (χ4v) is 4.89. The van der Waals surface area contributed by atoms with E-state index in [1.807, 2.05) is 30.3 Å². The molecule has 30 heavy (non-hydrogen) atoms. The number of benzene rings is 1. The maximum absolute atomic E-state index is 11.8. The predicted octanol–water partition coefficient (Wildman–Crippen LogP) is 5.49. The van der Waals surface area contributed by atoms with Gasteiger partial charge in [0.1, 0.15) is 5.72 Å². The van der Waals surface area contributed by atoms with Gasteiger partial charge in [0.25, 0.3) is 0 Å². The molecule has 7 heteroatoms. The third-order valence-electron chi connectivity index (χ3n) is 6.28. The Labute approximate surface area is 182 Å². The van der Waals surface area contributed by atoms with E-state index in [0.717, 1.165) is 12.0 Å². The summed E-state index contributed by atoms with van der Waals surface area (Å²) in [7, 11) is -1.98. The predicted molar refractivity (Wildman–Crippen MR) is 121 cm³/mol. The molecule has 1 fully saturated rings. The second-order valence-electron chi connectivity index (χ2n) is 10.1.